The fraction of sp³-hybridized carbons (Fsp3) is 0.200. The molecular weight excluding hydrogens is 369 g/mol. The van der Waals surface area contributed by atoms with E-state index in [-0.39, 0.29) is 5.91 Å². The van der Waals surface area contributed by atoms with Gasteiger partial charge in [-0.05, 0) is 48.9 Å². The van der Waals surface area contributed by atoms with Gasteiger partial charge in [-0.25, -0.2) is 0 Å². The van der Waals surface area contributed by atoms with Gasteiger partial charge in [0.2, 0.25) is 0 Å². The number of carbonyl (C=O) groups excluding carboxylic acids is 1. The highest BCUT2D eigenvalue weighted by Crippen LogP contribution is 2.24. The van der Waals surface area contributed by atoms with Crippen molar-refractivity contribution in [2.75, 3.05) is 25.5 Å². The molecule has 6 heteroatoms. The van der Waals surface area contributed by atoms with Gasteiger partial charge in [0.05, 0.1) is 5.52 Å². The zero-order chi connectivity index (χ0) is 18.5. The van der Waals surface area contributed by atoms with Crippen LogP contribution in [-0.2, 0) is 0 Å². The van der Waals surface area contributed by atoms with E-state index in [2.05, 4.69) is 10.3 Å². The number of halogens is 2. The maximum atomic E-state index is 12.4. The van der Waals surface area contributed by atoms with E-state index in [0.717, 1.165) is 29.6 Å². The topological polar surface area (TPSA) is 45.2 Å². The summed E-state index contributed by atoms with van der Waals surface area (Å²) < 4.78 is 0. The molecule has 3 rings (SSSR count). The summed E-state index contributed by atoms with van der Waals surface area (Å²) >= 11 is 12.0. The Morgan fingerprint density at radius 1 is 1.12 bits per heavy atom. The fourth-order valence-electron chi connectivity index (χ4n) is 2.76. The van der Waals surface area contributed by atoms with Gasteiger partial charge < -0.3 is 10.2 Å². The Morgan fingerprint density at radius 2 is 1.92 bits per heavy atom. The molecule has 0 saturated heterocycles. The predicted molar refractivity (Wildman–Crippen MR) is 108 cm³/mol. The molecule has 0 saturated carbocycles. The van der Waals surface area contributed by atoms with Crippen LogP contribution in [0.5, 0.6) is 0 Å². The van der Waals surface area contributed by atoms with E-state index in [4.69, 9.17) is 23.2 Å². The second-order valence-corrected chi connectivity index (χ2v) is 6.91. The van der Waals surface area contributed by atoms with Crippen molar-refractivity contribution in [3.8, 4) is 0 Å². The molecule has 0 bridgehead atoms. The van der Waals surface area contributed by atoms with E-state index in [1.807, 2.05) is 24.3 Å². The largest absolute Gasteiger partial charge is 0.384 e. The van der Waals surface area contributed by atoms with E-state index < -0.39 is 0 Å². The number of aromatic nitrogens is 1. The van der Waals surface area contributed by atoms with E-state index >= 15 is 0 Å². The molecule has 1 heterocycles. The summed E-state index contributed by atoms with van der Waals surface area (Å²) in [5.41, 5.74) is 2.47. The van der Waals surface area contributed by atoms with Gasteiger partial charge in [0, 0.05) is 53.0 Å². The number of anilines is 1. The summed E-state index contributed by atoms with van der Waals surface area (Å²) in [4.78, 5) is 18.4. The van der Waals surface area contributed by atoms with Gasteiger partial charge in [-0.2, -0.15) is 0 Å². The lowest BCUT2D eigenvalue weighted by atomic mass is 10.2. The van der Waals surface area contributed by atoms with Gasteiger partial charge in [-0.1, -0.05) is 29.3 Å². The van der Waals surface area contributed by atoms with E-state index in [1.54, 1.807) is 42.4 Å². The molecule has 1 aromatic heterocycles. The highest BCUT2D eigenvalue weighted by Gasteiger charge is 2.11. The van der Waals surface area contributed by atoms with Crippen molar-refractivity contribution in [2.45, 2.75) is 6.42 Å². The van der Waals surface area contributed by atoms with Gasteiger partial charge >= 0.3 is 0 Å². The van der Waals surface area contributed by atoms with Crippen molar-refractivity contribution in [1.82, 2.24) is 9.88 Å². The number of nitrogens with one attached hydrogen (secondary N) is 1. The van der Waals surface area contributed by atoms with Crippen LogP contribution in [0.2, 0.25) is 10.0 Å². The number of hydrogen-bond donors (Lipinski definition) is 1. The first-order valence-corrected chi connectivity index (χ1v) is 9.09. The normalized spacial score (nSPS) is 10.7. The number of carbonyl (C=O) groups is 1. The van der Waals surface area contributed by atoms with Crippen molar-refractivity contribution >= 4 is 45.7 Å². The Bertz CT molecular complexity index is 930. The molecule has 134 valence electrons. The van der Waals surface area contributed by atoms with Crippen molar-refractivity contribution in [3.05, 3.63) is 70.3 Å². The number of rotatable bonds is 6. The summed E-state index contributed by atoms with van der Waals surface area (Å²) in [6, 6.07) is 14.6. The van der Waals surface area contributed by atoms with Crippen molar-refractivity contribution < 1.29 is 4.79 Å². The monoisotopic (exact) mass is 387 g/mol. The minimum Gasteiger partial charge on any atom is -0.384 e. The smallest absolute Gasteiger partial charge is 0.253 e. The zero-order valence-corrected chi connectivity index (χ0v) is 15.9. The number of hydrogen-bond acceptors (Lipinski definition) is 3. The molecule has 1 N–H and O–H groups in total. The molecule has 0 aliphatic rings. The molecular formula is C20H19Cl2N3O. The SMILES string of the molecule is CN(CCCNc1ccnc2cc(Cl)ccc12)C(=O)c1cccc(Cl)c1. The zero-order valence-electron chi connectivity index (χ0n) is 14.4. The molecule has 1 amide bonds. The summed E-state index contributed by atoms with van der Waals surface area (Å²) in [5, 5.41) is 5.67. The van der Waals surface area contributed by atoms with Gasteiger partial charge in [-0.3, -0.25) is 9.78 Å². The van der Waals surface area contributed by atoms with Crippen LogP contribution in [0.25, 0.3) is 10.9 Å². The Morgan fingerprint density at radius 3 is 2.73 bits per heavy atom. The van der Waals surface area contributed by atoms with Crippen LogP contribution in [0.15, 0.2) is 54.7 Å². The van der Waals surface area contributed by atoms with Gasteiger partial charge in [0.25, 0.3) is 5.91 Å². The summed E-state index contributed by atoms with van der Waals surface area (Å²) in [7, 11) is 1.80. The lowest BCUT2D eigenvalue weighted by molar-refractivity contribution is 0.0794. The first kappa shape index (κ1) is 18.5. The quantitative estimate of drug-likeness (QED) is 0.597. The van der Waals surface area contributed by atoms with Crippen LogP contribution in [0.1, 0.15) is 16.8 Å². The van der Waals surface area contributed by atoms with Crippen molar-refractivity contribution in [1.29, 1.82) is 0 Å². The lowest BCUT2D eigenvalue weighted by Crippen LogP contribution is -2.28. The molecule has 0 aliphatic carbocycles. The standard InChI is InChI=1S/C20H19Cl2N3O/c1-25(20(26)14-4-2-5-15(21)12-14)11-3-9-23-18-8-10-24-19-13-16(22)6-7-17(18)19/h2,4-8,10,12-13H,3,9,11H2,1H3,(H,23,24). The van der Waals surface area contributed by atoms with E-state index in [1.165, 1.54) is 0 Å². The van der Waals surface area contributed by atoms with Crippen LogP contribution in [0.4, 0.5) is 5.69 Å². The predicted octanol–water partition coefficient (Wildman–Crippen LogP) is 5.12. The van der Waals surface area contributed by atoms with Crippen molar-refractivity contribution in [2.24, 2.45) is 0 Å². The van der Waals surface area contributed by atoms with E-state index in [0.29, 0.717) is 22.2 Å². The van der Waals surface area contributed by atoms with E-state index in [9.17, 15) is 4.79 Å². The Labute approximate surface area is 162 Å². The minimum atomic E-state index is -0.0310. The molecule has 0 aliphatic heterocycles. The summed E-state index contributed by atoms with van der Waals surface area (Å²) in [5.74, 6) is -0.0310. The molecule has 0 fully saturated rings. The number of pyridine rings is 1. The first-order chi connectivity index (χ1) is 12.5. The number of amides is 1. The van der Waals surface area contributed by atoms with Gasteiger partial charge in [-0.15, -0.1) is 0 Å². The van der Waals surface area contributed by atoms with Crippen LogP contribution in [0.3, 0.4) is 0 Å². The second-order valence-electron chi connectivity index (χ2n) is 6.04. The molecule has 26 heavy (non-hydrogen) atoms. The number of nitrogens with zero attached hydrogens (tertiary/aromatic N) is 2. The summed E-state index contributed by atoms with van der Waals surface area (Å²) in [6.45, 7) is 1.39. The Kier molecular flexibility index (Phi) is 5.96. The Balaban J connectivity index is 1.55. The van der Waals surface area contributed by atoms with Gasteiger partial charge in [0.1, 0.15) is 0 Å². The third-order valence-corrected chi connectivity index (χ3v) is 4.58. The second kappa shape index (κ2) is 8.39. The Hall–Kier alpha value is -2.30. The highest BCUT2D eigenvalue weighted by molar-refractivity contribution is 6.31. The molecule has 4 nitrogen and oxygen atoms in total. The lowest BCUT2D eigenvalue weighted by Gasteiger charge is -2.18. The molecule has 0 radical (unpaired) electrons. The highest BCUT2D eigenvalue weighted by atomic mass is 35.5. The third-order valence-electron chi connectivity index (χ3n) is 4.11. The first-order valence-electron chi connectivity index (χ1n) is 8.34. The average Bonchev–Trinajstić information content (AvgIpc) is 2.64. The van der Waals surface area contributed by atoms with Crippen LogP contribution in [0, 0.1) is 0 Å². The van der Waals surface area contributed by atoms with Crippen LogP contribution in [-0.4, -0.2) is 35.9 Å². The molecule has 0 unspecified atom stereocenters. The van der Waals surface area contributed by atoms with Crippen LogP contribution >= 0.6 is 23.2 Å². The number of fused-ring (bicyclic) bond motifs is 1. The molecule has 3 aromatic rings. The minimum absolute atomic E-state index is 0.0310. The maximum absolute atomic E-state index is 12.4. The summed E-state index contributed by atoms with van der Waals surface area (Å²) in [6.07, 6.45) is 2.58. The molecule has 2 aromatic carbocycles. The molecule has 0 spiro atoms. The third kappa shape index (κ3) is 4.45. The number of benzene rings is 2. The maximum Gasteiger partial charge on any atom is 0.253 e. The average molecular weight is 388 g/mol. The fourth-order valence-corrected chi connectivity index (χ4v) is 3.11. The van der Waals surface area contributed by atoms with Gasteiger partial charge in [0.15, 0.2) is 0 Å². The van der Waals surface area contributed by atoms with Crippen LogP contribution < -0.4 is 5.32 Å². The molecule has 0 atom stereocenters. The van der Waals surface area contributed by atoms with Crippen molar-refractivity contribution in [3.63, 3.8) is 0 Å².